The van der Waals surface area contributed by atoms with E-state index in [1.807, 2.05) is 6.20 Å². The smallest absolute Gasteiger partial charge is 0.242 e. The summed E-state index contributed by atoms with van der Waals surface area (Å²) in [4.78, 5) is 4.54. The number of hydrogen-bond acceptors (Lipinski definition) is 5. The third-order valence-corrected chi connectivity index (χ3v) is 6.00. The zero-order valence-corrected chi connectivity index (χ0v) is 15.1. The molecule has 126 valence electrons. The van der Waals surface area contributed by atoms with Crippen LogP contribution in [0.5, 0.6) is 5.75 Å². The number of nitrogens with zero attached hydrogens (tertiary/aromatic N) is 3. The number of aromatic nitrogens is 2. The Balaban J connectivity index is 1.85. The summed E-state index contributed by atoms with van der Waals surface area (Å²) < 4.78 is 32.8. The number of hydrogen-bond donors (Lipinski definition) is 0. The van der Waals surface area contributed by atoms with Crippen LogP contribution in [0, 0.1) is 0 Å². The predicted molar refractivity (Wildman–Crippen MR) is 91.4 cm³/mol. The van der Waals surface area contributed by atoms with E-state index in [9.17, 15) is 8.42 Å². The number of imidazole rings is 1. The second kappa shape index (κ2) is 7.85. The maximum Gasteiger partial charge on any atom is 0.242 e. The van der Waals surface area contributed by atoms with Crippen LogP contribution in [0.25, 0.3) is 0 Å². The van der Waals surface area contributed by atoms with E-state index in [4.69, 9.17) is 4.74 Å². The Labute approximate surface area is 141 Å². The first-order chi connectivity index (χ1) is 10.9. The molecule has 0 unspecified atom stereocenters. The Morgan fingerprint density at radius 3 is 2.57 bits per heavy atom. The van der Waals surface area contributed by atoms with Crippen molar-refractivity contribution in [3.05, 3.63) is 36.7 Å². The second-order valence-corrected chi connectivity index (χ2v) is 8.17. The van der Waals surface area contributed by atoms with Crippen LogP contribution < -0.4 is 4.74 Å². The maximum absolute atomic E-state index is 12.0. The highest BCUT2D eigenvalue weighted by Crippen LogP contribution is 2.19. The molecule has 0 atom stereocenters. The van der Waals surface area contributed by atoms with Crippen LogP contribution in [0.2, 0.25) is 0 Å². The Hall–Kier alpha value is -1.51. The Kier molecular flexibility index (Phi) is 6.09. The van der Waals surface area contributed by atoms with E-state index in [1.165, 1.54) is 18.4 Å². The lowest BCUT2D eigenvalue weighted by atomic mass is 10.3. The number of thioether (sulfide) groups is 1. The Bertz CT molecular complexity index is 725. The van der Waals surface area contributed by atoms with Gasteiger partial charge in [0.15, 0.2) is 5.16 Å². The van der Waals surface area contributed by atoms with Crippen molar-refractivity contribution in [3.8, 4) is 5.75 Å². The topological polar surface area (TPSA) is 64.4 Å². The molecule has 6 nitrogen and oxygen atoms in total. The molecule has 2 aromatic rings. The standard InChI is InChI=1S/C15H21N3O3S2/c1-4-18-10-9-16-15(18)22-12-11-21-13-5-7-14(8-6-13)23(19,20)17(2)3/h5-10H,4,11-12H2,1-3H3. The molecule has 2 rings (SSSR count). The largest absolute Gasteiger partial charge is 0.493 e. The van der Waals surface area contributed by atoms with E-state index >= 15 is 0 Å². The van der Waals surface area contributed by atoms with E-state index in [0.29, 0.717) is 12.4 Å². The molecule has 0 amide bonds. The number of benzene rings is 1. The van der Waals surface area contributed by atoms with Gasteiger partial charge in [0, 0.05) is 38.8 Å². The first-order valence-corrected chi connectivity index (χ1v) is 9.67. The molecule has 0 bridgehead atoms. The van der Waals surface area contributed by atoms with Gasteiger partial charge in [-0.3, -0.25) is 0 Å². The average molecular weight is 355 g/mol. The van der Waals surface area contributed by atoms with Gasteiger partial charge in [-0.05, 0) is 31.2 Å². The van der Waals surface area contributed by atoms with Gasteiger partial charge in [-0.25, -0.2) is 17.7 Å². The van der Waals surface area contributed by atoms with E-state index in [0.717, 1.165) is 17.5 Å². The quantitative estimate of drug-likeness (QED) is 0.537. The molecule has 1 aromatic heterocycles. The van der Waals surface area contributed by atoms with Gasteiger partial charge in [0.1, 0.15) is 5.75 Å². The first kappa shape index (κ1) is 17.8. The highest BCUT2D eigenvalue weighted by Gasteiger charge is 2.16. The van der Waals surface area contributed by atoms with Crippen molar-refractivity contribution in [1.82, 2.24) is 13.9 Å². The van der Waals surface area contributed by atoms with Crippen molar-refractivity contribution in [2.45, 2.75) is 23.5 Å². The molecule has 0 saturated heterocycles. The fourth-order valence-electron chi connectivity index (χ4n) is 1.89. The van der Waals surface area contributed by atoms with Crippen molar-refractivity contribution >= 4 is 21.8 Å². The normalized spacial score (nSPS) is 11.8. The summed E-state index contributed by atoms with van der Waals surface area (Å²) >= 11 is 1.63. The van der Waals surface area contributed by atoms with Crippen molar-refractivity contribution in [3.63, 3.8) is 0 Å². The van der Waals surface area contributed by atoms with Crippen molar-refractivity contribution in [2.75, 3.05) is 26.5 Å². The van der Waals surface area contributed by atoms with Crippen molar-refractivity contribution < 1.29 is 13.2 Å². The van der Waals surface area contributed by atoms with Crippen LogP contribution in [-0.4, -0.2) is 48.7 Å². The van der Waals surface area contributed by atoms with Crippen LogP contribution in [-0.2, 0) is 16.6 Å². The summed E-state index contributed by atoms with van der Waals surface area (Å²) in [5.74, 6) is 1.43. The number of aryl methyl sites for hydroxylation is 1. The van der Waals surface area contributed by atoms with Crippen LogP contribution in [0.15, 0.2) is 46.7 Å². The van der Waals surface area contributed by atoms with Crippen LogP contribution >= 0.6 is 11.8 Å². The maximum atomic E-state index is 12.0. The molecule has 0 aliphatic rings. The number of rotatable bonds is 8. The lowest BCUT2D eigenvalue weighted by Gasteiger charge is -2.12. The molecule has 0 fully saturated rings. The van der Waals surface area contributed by atoms with Gasteiger partial charge in [-0.15, -0.1) is 0 Å². The van der Waals surface area contributed by atoms with Crippen LogP contribution in [0.3, 0.4) is 0 Å². The first-order valence-electron chi connectivity index (χ1n) is 7.24. The molecule has 0 spiro atoms. The van der Waals surface area contributed by atoms with Crippen molar-refractivity contribution in [2.24, 2.45) is 0 Å². The van der Waals surface area contributed by atoms with Crippen LogP contribution in [0.1, 0.15) is 6.92 Å². The molecule has 8 heteroatoms. The molecule has 0 radical (unpaired) electrons. The Morgan fingerprint density at radius 1 is 1.26 bits per heavy atom. The highest BCUT2D eigenvalue weighted by atomic mass is 32.2. The summed E-state index contributed by atoms with van der Waals surface area (Å²) in [5, 5.41) is 0.975. The minimum Gasteiger partial charge on any atom is -0.493 e. The van der Waals surface area contributed by atoms with Gasteiger partial charge in [0.2, 0.25) is 10.0 Å². The molecule has 0 aliphatic heterocycles. The average Bonchev–Trinajstić information content (AvgIpc) is 2.99. The molecule has 1 aromatic carbocycles. The third kappa shape index (κ3) is 4.49. The van der Waals surface area contributed by atoms with Gasteiger partial charge in [0.25, 0.3) is 0 Å². The molecule has 0 N–H and O–H groups in total. The lowest BCUT2D eigenvalue weighted by Crippen LogP contribution is -2.22. The van der Waals surface area contributed by atoms with E-state index in [2.05, 4.69) is 16.5 Å². The minimum atomic E-state index is -3.39. The highest BCUT2D eigenvalue weighted by molar-refractivity contribution is 7.99. The zero-order chi connectivity index (χ0) is 16.9. The molecule has 1 heterocycles. The lowest BCUT2D eigenvalue weighted by molar-refractivity contribution is 0.343. The van der Waals surface area contributed by atoms with Gasteiger partial charge in [0.05, 0.1) is 11.5 Å². The Morgan fingerprint density at radius 2 is 1.96 bits per heavy atom. The zero-order valence-electron chi connectivity index (χ0n) is 13.5. The summed E-state index contributed by atoms with van der Waals surface area (Å²) in [5.41, 5.74) is 0. The monoisotopic (exact) mass is 355 g/mol. The van der Waals surface area contributed by atoms with E-state index < -0.39 is 10.0 Å². The summed E-state index contributed by atoms with van der Waals surface area (Å²) in [6.45, 7) is 3.50. The fourth-order valence-corrected chi connectivity index (χ4v) is 3.63. The SMILES string of the molecule is CCn1ccnc1SCCOc1ccc(S(=O)(=O)N(C)C)cc1. The minimum absolute atomic E-state index is 0.259. The van der Waals surface area contributed by atoms with Gasteiger partial charge >= 0.3 is 0 Å². The molecular weight excluding hydrogens is 334 g/mol. The number of sulfonamides is 1. The van der Waals surface area contributed by atoms with Gasteiger partial charge < -0.3 is 9.30 Å². The third-order valence-electron chi connectivity index (χ3n) is 3.20. The van der Waals surface area contributed by atoms with Crippen molar-refractivity contribution in [1.29, 1.82) is 0 Å². The molecule has 23 heavy (non-hydrogen) atoms. The molecular formula is C15H21N3O3S2. The van der Waals surface area contributed by atoms with E-state index in [-0.39, 0.29) is 4.90 Å². The number of ether oxygens (including phenoxy) is 1. The summed E-state index contributed by atoms with van der Waals surface area (Å²) in [7, 11) is -0.371. The predicted octanol–water partition coefficient (Wildman–Crippen LogP) is 2.32. The second-order valence-electron chi connectivity index (χ2n) is 4.95. The van der Waals surface area contributed by atoms with Gasteiger partial charge in [-0.1, -0.05) is 11.8 Å². The molecule has 0 saturated carbocycles. The van der Waals surface area contributed by atoms with Gasteiger partial charge in [-0.2, -0.15) is 0 Å². The van der Waals surface area contributed by atoms with Crippen LogP contribution in [0.4, 0.5) is 0 Å². The molecule has 0 aliphatic carbocycles. The summed E-state index contributed by atoms with van der Waals surface area (Å²) in [6, 6.07) is 6.46. The fraction of sp³-hybridized carbons (Fsp3) is 0.400. The van der Waals surface area contributed by atoms with E-state index in [1.54, 1.807) is 42.2 Å². The summed E-state index contributed by atoms with van der Waals surface area (Å²) in [6.07, 6.45) is 3.74.